The average molecular weight is 265 g/mol. The van der Waals surface area contributed by atoms with Crippen molar-refractivity contribution in [2.45, 2.75) is 32.9 Å². The molecule has 1 rings (SSSR count). The standard InChI is InChI=1S/C15H23NO3/c1-11(18)12-6-7-14(19-5)13(8-12)9-16(4)15(2,3)10-17/h6-8,17H,9-10H2,1-5H3. The van der Waals surface area contributed by atoms with Crippen LogP contribution in [0.25, 0.3) is 0 Å². The fourth-order valence-corrected chi connectivity index (χ4v) is 1.71. The molecule has 106 valence electrons. The SMILES string of the molecule is COc1ccc(C(C)=O)cc1CN(C)C(C)(C)CO. The van der Waals surface area contributed by atoms with Crippen LogP contribution in [0.5, 0.6) is 5.75 Å². The summed E-state index contributed by atoms with van der Waals surface area (Å²) in [4.78, 5) is 13.5. The van der Waals surface area contributed by atoms with Gasteiger partial charge in [-0.15, -0.1) is 0 Å². The smallest absolute Gasteiger partial charge is 0.159 e. The van der Waals surface area contributed by atoms with E-state index in [-0.39, 0.29) is 17.9 Å². The fourth-order valence-electron chi connectivity index (χ4n) is 1.71. The number of likely N-dealkylation sites (N-methyl/N-ethyl adjacent to an activating group) is 1. The topological polar surface area (TPSA) is 49.8 Å². The van der Waals surface area contributed by atoms with Crippen molar-refractivity contribution in [1.82, 2.24) is 4.90 Å². The number of ether oxygens (including phenoxy) is 1. The molecule has 0 aromatic heterocycles. The van der Waals surface area contributed by atoms with Gasteiger partial charge in [0, 0.05) is 23.2 Å². The van der Waals surface area contributed by atoms with Gasteiger partial charge in [-0.1, -0.05) is 0 Å². The van der Waals surface area contributed by atoms with E-state index in [0.29, 0.717) is 12.1 Å². The van der Waals surface area contributed by atoms with E-state index < -0.39 is 0 Å². The number of rotatable bonds is 6. The summed E-state index contributed by atoms with van der Waals surface area (Å²) < 4.78 is 5.33. The lowest BCUT2D eigenvalue weighted by Crippen LogP contribution is -2.43. The molecule has 1 aromatic carbocycles. The second-order valence-electron chi connectivity index (χ2n) is 5.41. The molecule has 0 aliphatic heterocycles. The summed E-state index contributed by atoms with van der Waals surface area (Å²) in [5.74, 6) is 0.790. The van der Waals surface area contributed by atoms with Gasteiger partial charge in [0.2, 0.25) is 0 Å². The van der Waals surface area contributed by atoms with E-state index in [2.05, 4.69) is 0 Å². The maximum absolute atomic E-state index is 11.4. The molecule has 0 saturated carbocycles. The van der Waals surface area contributed by atoms with E-state index in [9.17, 15) is 9.90 Å². The van der Waals surface area contributed by atoms with Crippen molar-refractivity contribution in [2.75, 3.05) is 20.8 Å². The number of hydrogen-bond donors (Lipinski definition) is 1. The van der Waals surface area contributed by atoms with E-state index >= 15 is 0 Å². The predicted octanol–water partition coefficient (Wildman–Crippen LogP) is 2.10. The maximum Gasteiger partial charge on any atom is 0.159 e. The third-order valence-corrected chi connectivity index (χ3v) is 3.51. The van der Waals surface area contributed by atoms with E-state index in [1.807, 2.05) is 37.9 Å². The van der Waals surface area contributed by atoms with Gasteiger partial charge in [0.25, 0.3) is 0 Å². The van der Waals surface area contributed by atoms with Crippen LogP contribution in [0.3, 0.4) is 0 Å². The Balaban J connectivity index is 3.04. The monoisotopic (exact) mass is 265 g/mol. The molecule has 0 unspecified atom stereocenters. The molecule has 0 radical (unpaired) electrons. The summed E-state index contributed by atoms with van der Waals surface area (Å²) >= 11 is 0. The molecule has 0 amide bonds. The van der Waals surface area contributed by atoms with Gasteiger partial charge in [0.15, 0.2) is 5.78 Å². The molecule has 0 aliphatic carbocycles. The van der Waals surface area contributed by atoms with Gasteiger partial charge in [0.1, 0.15) is 5.75 Å². The minimum Gasteiger partial charge on any atom is -0.496 e. The van der Waals surface area contributed by atoms with Crippen LogP contribution in [0.1, 0.15) is 36.7 Å². The van der Waals surface area contributed by atoms with Gasteiger partial charge in [-0.05, 0) is 46.0 Å². The number of benzene rings is 1. The molecule has 1 aromatic rings. The minimum atomic E-state index is -0.322. The zero-order chi connectivity index (χ0) is 14.6. The largest absolute Gasteiger partial charge is 0.496 e. The molecule has 0 bridgehead atoms. The summed E-state index contributed by atoms with van der Waals surface area (Å²) in [5, 5.41) is 9.38. The zero-order valence-corrected chi connectivity index (χ0v) is 12.4. The molecule has 0 spiro atoms. The summed E-state index contributed by atoms with van der Waals surface area (Å²) in [7, 11) is 3.56. The van der Waals surface area contributed by atoms with Crippen molar-refractivity contribution >= 4 is 5.78 Å². The number of methoxy groups -OCH3 is 1. The van der Waals surface area contributed by atoms with Crippen LogP contribution in [-0.4, -0.2) is 42.1 Å². The number of Topliss-reactive ketones (excluding diaryl/α,β-unsaturated/α-hetero) is 1. The van der Waals surface area contributed by atoms with Crippen LogP contribution in [-0.2, 0) is 6.54 Å². The van der Waals surface area contributed by atoms with Gasteiger partial charge in [-0.25, -0.2) is 0 Å². The Morgan fingerprint density at radius 1 is 1.42 bits per heavy atom. The Hall–Kier alpha value is -1.39. The summed E-state index contributed by atoms with van der Waals surface area (Å²) in [6, 6.07) is 5.43. The number of aliphatic hydroxyl groups is 1. The third kappa shape index (κ3) is 3.78. The molecular weight excluding hydrogens is 242 g/mol. The first-order valence-electron chi connectivity index (χ1n) is 6.31. The highest BCUT2D eigenvalue weighted by molar-refractivity contribution is 5.94. The minimum absolute atomic E-state index is 0.0352. The molecule has 0 saturated heterocycles. The molecule has 0 atom stereocenters. The second kappa shape index (κ2) is 6.17. The van der Waals surface area contributed by atoms with Crippen LogP contribution < -0.4 is 4.74 Å². The molecule has 19 heavy (non-hydrogen) atoms. The Labute approximate surface area is 115 Å². The van der Waals surface area contributed by atoms with Gasteiger partial charge < -0.3 is 9.84 Å². The quantitative estimate of drug-likeness (QED) is 0.800. The first-order valence-corrected chi connectivity index (χ1v) is 6.31. The molecule has 4 heteroatoms. The summed E-state index contributed by atoms with van der Waals surface area (Å²) in [6.45, 7) is 6.16. The van der Waals surface area contributed by atoms with Crippen molar-refractivity contribution in [3.63, 3.8) is 0 Å². The Morgan fingerprint density at radius 2 is 2.05 bits per heavy atom. The fraction of sp³-hybridized carbons (Fsp3) is 0.533. The summed E-state index contributed by atoms with van der Waals surface area (Å²) in [5.41, 5.74) is 1.29. The first-order chi connectivity index (χ1) is 8.81. The van der Waals surface area contributed by atoms with Gasteiger partial charge in [-0.3, -0.25) is 9.69 Å². The average Bonchev–Trinajstić information content (AvgIpc) is 2.38. The van der Waals surface area contributed by atoms with Gasteiger partial charge >= 0.3 is 0 Å². The maximum atomic E-state index is 11.4. The summed E-state index contributed by atoms with van der Waals surface area (Å²) in [6.07, 6.45) is 0. The Bertz CT molecular complexity index is 455. The molecule has 0 aliphatic rings. The van der Waals surface area contributed by atoms with E-state index in [1.54, 1.807) is 20.1 Å². The zero-order valence-electron chi connectivity index (χ0n) is 12.4. The van der Waals surface area contributed by atoms with Crippen LogP contribution in [0, 0.1) is 0 Å². The van der Waals surface area contributed by atoms with Gasteiger partial charge in [0.05, 0.1) is 13.7 Å². The highest BCUT2D eigenvalue weighted by Crippen LogP contribution is 2.24. The molecular formula is C15H23NO3. The van der Waals surface area contributed by atoms with E-state index in [4.69, 9.17) is 4.74 Å². The molecule has 4 nitrogen and oxygen atoms in total. The van der Waals surface area contributed by atoms with Crippen molar-refractivity contribution in [1.29, 1.82) is 0 Å². The third-order valence-electron chi connectivity index (χ3n) is 3.51. The number of carbonyl (C=O) groups is 1. The second-order valence-corrected chi connectivity index (χ2v) is 5.41. The first kappa shape index (κ1) is 15.7. The molecule has 0 heterocycles. The highest BCUT2D eigenvalue weighted by atomic mass is 16.5. The van der Waals surface area contributed by atoms with Crippen LogP contribution in [0.4, 0.5) is 0 Å². The van der Waals surface area contributed by atoms with Crippen molar-refractivity contribution in [3.8, 4) is 5.75 Å². The van der Waals surface area contributed by atoms with Gasteiger partial charge in [-0.2, -0.15) is 0 Å². The number of ketones is 1. The predicted molar refractivity (Wildman–Crippen MR) is 75.6 cm³/mol. The Morgan fingerprint density at radius 3 is 2.53 bits per heavy atom. The number of carbonyl (C=O) groups excluding carboxylic acids is 1. The number of nitrogens with zero attached hydrogens (tertiary/aromatic N) is 1. The van der Waals surface area contributed by atoms with E-state index in [1.165, 1.54) is 0 Å². The Kier molecular flexibility index (Phi) is 5.09. The van der Waals surface area contributed by atoms with Crippen LogP contribution >= 0.6 is 0 Å². The highest BCUT2D eigenvalue weighted by Gasteiger charge is 2.23. The lowest BCUT2D eigenvalue weighted by atomic mass is 10.0. The molecule has 0 fully saturated rings. The van der Waals surface area contributed by atoms with Crippen LogP contribution in [0.2, 0.25) is 0 Å². The molecule has 1 N–H and O–H groups in total. The van der Waals surface area contributed by atoms with Crippen molar-refractivity contribution < 1.29 is 14.6 Å². The number of aliphatic hydroxyl groups excluding tert-OH is 1. The van der Waals surface area contributed by atoms with Crippen molar-refractivity contribution in [3.05, 3.63) is 29.3 Å². The van der Waals surface area contributed by atoms with Crippen LogP contribution in [0.15, 0.2) is 18.2 Å². The van der Waals surface area contributed by atoms with Crippen molar-refractivity contribution in [2.24, 2.45) is 0 Å². The lowest BCUT2D eigenvalue weighted by Gasteiger charge is -2.34. The van der Waals surface area contributed by atoms with E-state index in [0.717, 1.165) is 11.3 Å². The normalized spacial score (nSPS) is 11.7. The number of hydrogen-bond acceptors (Lipinski definition) is 4. The lowest BCUT2D eigenvalue weighted by molar-refractivity contribution is 0.0727.